The molecule has 0 aliphatic heterocycles. The Labute approximate surface area is 103 Å². The maximum absolute atomic E-state index is 11.8. The van der Waals surface area contributed by atoms with E-state index in [0.29, 0.717) is 0 Å². The van der Waals surface area contributed by atoms with Crippen LogP contribution in [0.3, 0.4) is 0 Å². The molecule has 2 N–H and O–H groups in total. The van der Waals surface area contributed by atoms with E-state index in [0.717, 1.165) is 0 Å². The number of aliphatic hydroxyl groups excluding tert-OH is 2. The lowest BCUT2D eigenvalue weighted by atomic mass is 9.85. The van der Waals surface area contributed by atoms with Crippen molar-refractivity contribution in [2.24, 2.45) is 0 Å². The van der Waals surface area contributed by atoms with E-state index in [1.807, 2.05) is 0 Å². The summed E-state index contributed by atoms with van der Waals surface area (Å²) < 4.78 is 4.62. The Bertz CT molecular complexity index is 423. The summed E-state index contributed by atoms with van der Waals surface area (Å²) in [5, 5.41) is 17.8. The monoisotopic (exact) mass is 252 g/mol. The first-order valence-electron chi connectivity index (χ1n) is 5.08. The number of ketones is 2. The maximum Gasteiger partial charge on any atom is 0.294 e. The molecule has 0 aromatic heterocycles. The van der Waals surface area contributed by atoms with Crippen LogP contribution in [0.1, 0.15) is 5.56 Å². The highest BCUT2D eigenvalue weighted by Gasteiger charge is 2.48. The second-order valence-electron chi connectivity index (χ2n) is 3.42. The molecule has 0 unspecified atom stereocenters. The predicted molar refractivity (Wildman–Crippen MR) is 59.5 cm³/mol. The van der Waals surface area contributed by atoms with E-state index in [4.69, 9.17) is 10.2 Å². The molecule has 0 amide bonds. The van der Waals surface area contributed by atoms with E-state index in [9.17, 15) is 14.4 Å². The predicted octanol–water partition coefficient (Wildman–Crippen LogP) is -0.822. The smallest absolute Gasteiger partial charge is 0.294 e. The van der Waals surface area contributed by atoms with E-state index in [2.05, 4.69) is 4.74 Å². The molecule has 0 saturated heterocycles. The van der Waals surface area contributed by atoms with Crippen LogP contribution in [0, 0.1) is 0 Å². The van der Waals surface area contributed by atoms with Gasteiger partial charge in [-0.15, -0.1) is 0 Å². The largest absolute Gasteiger partial charge is 0.440 e. The molecule has 0 aliphatic rings. The number of hydrogen-bond acceptors (Lipinski definition) is 6. The molecular formula is C12H12O6. The van der Waals surface area contributed by atoms with E-state index in [1.54, 1.807) is 6.07 Å². The fraction of sp³-hybridized carbons (Fsp3) is 0.250. The molecular weight excluding hydrogens is 240 g/mol. The van der Waals surface area contributed by atoms with Crippen LogP contribution in [0.4, 0.5) is 0 Å². The Hall–Kier alpha value is -2.05. The number of carbonyl (C=O) groups excluding carboxylic acids is 3. The number of carbonyl (C=O) groups is 3. The van der Waals surface area contributed by atoms with Crippen molar-refractivity contribution < 1.29 is 29.3 Å². The van der Waals surface area contributed by atoms with Gasteiger partial charge in [-0.05, 0) is 0 Å². The minimum absolute atomic E-state index is 0.0614. The molecule has 0 fully saturated rings. The molecule has 6 heteroatoms. The van der Waals surface area contributed by atoms with Gasteiger partial charge in [0.1, 0.15) is 13.2 Å². The average Bonchev–Trinajstić information content (AvgIpc) is 2.44. The van der Waals surface area contributed by atoms with Gasteiger partial charge in [-0.3, -0.25) is 14.4 Å². The van der Waals surface area contributed by atoms with Crippen LogP contribution in [-0.4, -0.2) is 41.5 Å². The second kappa shape index (κ2) is 6.04. The van der Waals surface area contributed by atoms with Crippen LogP contribution in [-0.2, 0) is 24.7 Å². The topological polar surface area (TPSA) is 101 Å². The molecule has 0 aliphatic carbocycles. The number of aliphatic hydroxyl groups is 2. The quantitative estimate of drug-likeness (QED) is 0.485. The Kier molecular flexibility index (Phi) is 4.70. The molecule has 1 aromatic rings. The van der Waals surface area contributed by atoms with Crippen molar-refractivity contribution in [2.45, 2.75) is 5.60 Å². The molecule has 0 bridgehead atoms. The third-order valence-corrected chi connectivity index (χ3v) is 2.48. The Morgan fingerprint density at radius 2 is 1.61 bits per heavy atom. The van der Waals surface area contributed by atoms with Crippen LogP contribution in [0.15, 0.2) is 30.3 Å². The van der Waals surface area contributed by atoms with E-state index in [-0.39, 0.29) is 12.0 Å². The normalized spacial score (nSPS) is 10.8. The van der Waals surface area contributed by atoms with E-state index < -0.39 is 30.4 Å². The van der Waals surface area contributed by atoms with Crippen molar-refractivity contribution in [2.75, 3.05) is 13.2 Å². The summed E-state index contributed by atoms with van der Waals surface area (Å²) in [6.45, 7) is -2.04. The highest BCUT2D eigenvalue weighted by Crippen LogP contribution is 2.27. The van der Waals surface area contributed by atoms with Crippen molar-refractivity contribution in [3.05, 3.63) is 35.9 Å². The number of rotatable bonds is 7. The first-order valence-corrected chi connectivity index (χ1v) is 5.08. The van der Waals surface area contributed by atoms with Crippen LogP contribution >= 0.6 is 0 Å². The molecule has 96 valence electrons. The summed E-state index contributed by atoms with van der Waals surface area (Å²) in [6.07, 6.45) is 0. The van der Waals surface area contributed by atoms with E-state index in [1.165, 1.54) is 24.3 Å². The summed E-state index contributed by atoms with van der Waals surface area (Å²) in [6, 6.07) is 7.50. The number of Topliss-reactive ketones (excluding diaryl/α,β-unsaturated/α-hetero) is 2. The summed E-state index contributed by atoms with van der Waals surface area (Å²) in [4.78, 5) is 34.1. The van der Waals surface area contributed by atoms with Gasteiger partial charge >= 0.3 is 0 Å². The first-order chi connectivity index (χ1) is 8.63. The molecule has 0 heterocycles. The fourth-order valence-corrected chi connectivity index (χ4v) is 1.64. The lowest BCUT2D eigenvalue weighted by molar-refractivity contribution is -0.168. The van der Waals surface area contributed by atoms with Crippen molar-refractivity contribution in [1.29, 1.82) is 0 Å². The molecule has 0 atom stereocenters. The van der Waals surface area contributed by atoms with Crippen molar-refractivity contribution in [1.82, 2.24) is 0 Å². The highest BCUT2D eigenvalue weighted by molar-refractivity contribution is 6.12. The van der Waals surface area contributed by atoms with Gasteiger partial charge in [0.25, 0.3) is 12.1 Å². The third kappa shape index (κ3) is 2.29. The standard InChI is InChI=1S/C12H12O6/c13-6-10(16)12(18-8-15,11(17)7-14)9-4-2-1-3-5-9/h1-5,8,13-14H,6-7H2. The third-order valence-electron chi connectivity index (χ3n) is 2.48. The average molecular weight is 252 g/mol. The maximum atomic E-state index is 11.8. The summed E-state index contributed by atoms with van der Waals surface area (Å²) in [7, 11) is 0. The van der Waals surface area contributed by atoms with Gasteiger partial charge in [0.05, 0.1) is 0 Å². The van der Waals surface area contributed by atoms with Crippen molar-refractivity contribution >= 4 is 18.0 Å². The number of hydrogen-bond donors (Lipinski definition) is 2. The summed E-state index contributed by atoms with van der Waals surface area (Å²) >= 11 is 0. The van der Waals surface area contributed by atoms with Gasteiger partial charge in [0, 0.05) is 5.56 Å². The first kappa shape index (κ1) is 14.0. The van der Waals surface area contributed by atoms with Crippen molar-refractivity contribution in [3.63, 3.8) is 0 Å². The summed E-state index contributed by atoms with van der Waals surface area (Å²) in [5.74, 6) is -2.03. The molecule has 0 saturated carbocycles. The van der Waals surface area contributed by atoms with Gasteiger partial charge < -0.3 is 14.9 Å². The van der Waals surface area contributed by atoms with Crippen molar-refractivity contribution in [3.8, 4) is 0 Å². The zero-order chi connectivity index (χ0) is 13.6. The minimum Gasteiger partial charge on any atom is -0.440 e. The van der Waals surface area contributed by atoms with Crippen LogP contribution in [0.2, 0.25) is 0 Å². The Balaban J connectivity index is 3.42. The van der Waals surface area contributed by atoms with Crippen LogP contribution in [0.5, 0.6) is 0 Å². The van der Waals surface area contributed by atoms with Crippen LogP contribution < -0.4 is 0 Å². The Morgan fingerprint density at radius 1 is 1.11 bits per heavy atom. The second-order valence-corrected chi connectivity index (χ2v) is 3.42. The number of benzene rings is 1. The molecule has 18 heavy (non-hydrogen) atoms. The zero-order valence-corrected chi connectivity index (χ0v) is 9.41. The lowest BCUT2D eigenvalue weighted by Crippen LogP contribution is -2.49. The molecule has 0 spiro atoms. The molecule has 1 rings (SSSR count). The zero-order valence-electron chi connectivity index (χ0n) is 9.41. The van der Waals surface area contributed by atoms with Gasteiger partial charge in [-0.25, -0.2) is 0 Å². The van der Waals surface area contributed by atoms with Gasteiger partial charge in [-0.2, -0.15) is 0 Å². The SMILES string of the molecule is O=COC(C(=O)CO)(C(=O)CO)c1ccccc1. The Morgan fingerprint density at radius 3 is 2.00 bits per heavy atom. The molecule has 6 nitrogen and oxygen atoms in total. The summed E-state index contributed by atoms with van der Waals surface area (Å²) in [5.41, 5.74) is -2.21. The van der Waals surface area contributed by atoms with E-state index >= 15 is 0 Å². The molecule has 0 radical (unpaired) electrons. The minimum atomic E-state index is -2.29. The fourth-order valence-electron chi connectivity index (χ4n) is 1.64. The molecule has 1 aromatic carbocycles. The van der Waals surface area contributed by atoms with Gasteiger partial charge in [0.2, 0.25) is 11.6 Å². The van der Waals surface area contributed by atoms with Crippen LogP contribution in [0.25, 0.3) is 0 Å². The van der Waals surface area contributed by atoms with Gasteiger partial charge in [-0.1, -0.05) is 30.3 Å². The number of ether oxygens (including phenoxy) is 1. The lowest BCUT2D eigenvalue weighted by Gasteiger charge is -2.28. The highest BCUT2D eigenvalue weighted by atomic mass is 16.5. The van der Waals surface area contributed by atoms with Gasteiger partial charge in [0.15, 0.2) is 0 Å².